The van der Waals surface area contributed by atoms with E-state index in [4.69, 9.17) is 9.47 Å². The van der Waals surface area contributed by atoms with Crippen LogP contribution in [0.25, 0.3) is 0 Å². The Labute approximate surface area is 140 Å². The van der Waals surface area contributed by atoms with Crippen molar-refractivity contribution in [3.8, 4) is 11.5 Å². The topological polar surface area (TPSA) is 84.9 Å². The third kappa shape index (κ3) is 4.25. The van der Waals surface area contributed by atoms with Crippen LogP contribution in [0.3, 0.4) is 0 Å². The first-order valence-corrected chi connectivity index (χ1v) is 7.49. The van der Waals surface area contributed by atoms with Crippen molar-refractivity contribution >= 4 is 17.6 Å². The molecule has 2 rings (SSSR count). The average Bonchev–Trinajstić information content (AvgIpc) is 2.60. The van der Waals surface area contributed by atoms with E-state index in [1.807, 2.05) is 6.07 Å². The normalized spacial score (nSPS) is 11.4. The molecular formula is C18H19NO5. The van der Waals surface area contributed by atoms with Crippen molar-refractivity contribution in [3.63, 3.8) is 0 Å². The fraction of sp³-hybridized carbons (Fsp3) is 0.222. The first-order chi connectivity index (χ1) is 11.5. The van der Waals surface area contributed by atoms with Crippen LogP contribution in [0.1, 0.15) is 23.7 Å². The first-order valence-electron chi connectivity index (χ1n) is 7.49. The lowest BCUT2D eigenvalue weighted by Crippen LogP contribution is -2.32. The zero-order chi connectivity index (χ0) is 17.5. The van der Waals surface area contributed by atoms with Gasteiger partial charge >= 0.3 is 5.97 Å². The summed E-state index contributed by atoms with van der Waals surface area (Å²) in [5.74, 6) is -1.05. The lowest BCUT2D eigenvalue weighted by atomic mass is 10.2. The molecule has 0 aliphatic carbocycles. The van der Waals surface area contributed by atoms with Gasteiger partial charge in [0.15, 0.2) is 6.10 Å². The Morgan fingerprint density at radius 3 is 2.50 bits per heavy atom. The number of hydrogen-bond acceptors (Lipinski definition) is 5. The van der Waals surface area contributed by atoms with Crippen molar-refractivity contribution in [3.05, 3.63) is 54.1 Å². The van der Waals surface area contributed by atoms with E-state index in [1.54, 1.807) is 31.2 Å². The summed E-state index contributed by atoms with van der Waals surface area (Å²) in [6.07, 6.45) is -0.668. The van der Waals surface area contributed by atoms with Crippen LogP contribution in [0.4, 0.5) is 5.69 Å². The number of carbonyl (C=O) groups is 2. The highest BCUT2D eigenvalue weighted by molar-refractivity contribution is 5.98. The van der Waals surface area contributed by atoms with E-state index >= 15 is 0 Å². The molecule has 1 amide bonds. The molecule has 2 N–H and O–H groups in total. The zero-order valence-electron chi connectivity index (χ0n) is 13.5. The van der Waals surface area contributed by atoms with Gasteiger partial charge in [0, 0.05) is 5.69 Å². The average molecular weight is 329 g/mol. The van der Waals surface area contributed by atoms with Gasteiger partial charge in [-0.3, -0.25) is 4.79 Å². The maximum Gasteiger partial charge on any atom is 0.342 e. The molecule has 0 spiro atoms. The van der Waals surface area contributed by atoms with Gasteiger partial charge in [-0.2, -0.15) is 0 Å². The summed E-state index contributed by atoms with van der Waals surface area (Å²) >= 11 is 0. The second kappa shape index (κ2) is 8.01. The summed E-state index contributed by atoms with van der Waals surface area (Å²) in [6, 6.07) is 13.1. The summed E-state index contributed by atoms with van der Waals surface area (Å²) in [5.41, 5.74) is 0.557. The van der Waals surface area contributed by atoms with Gasteiger partial charge in [0.2, 0.25) is 0 Å². The van der Waals surface area contributed by atoms with Gasteiger partial charge in [-0.05, 0) is 36.8 Å². The van der Waals surface area contributed by atoms with Crippen molar-refractivity contribution in [2.24, 2.45) is 0 Å². The Morgan fingerprint density at radius 2 is 1.88 bits per heavy atom. The molecule has 0 saturated carbocycles. The van der Waals surface area contributed by atoms with E-state index in [2.05, 4.69) is 5.32 Å². The number of amides is 1. The summed E-state index contributed by atoms with van der Waals surface area (Å²) in [6.45, 7) is 1.73. The summed E-state index contributed by atoms with van der Waals surface area (Å²) in [4.78, 5) is 24.5. The number of aromatic hydroxyl groups is 1. The lowest BCUT2D eigenvalue weighted by molar-refractivity contribution is -0.124. The number of hydrogen-bond donors (Lipinski definition) is 2. The molecule has 6 nitrogen and oxygen atoms in total. The molecule has 126 valence electrons. The number of phenols is 1. The highest BCUT2D eigenvalue weighted by Gasteiger charge is 2.24. The minimum Gasteiger partial charge on any atom is -0.507 e. The number of rotatable bonds is 6. The Kier molecular flexibility index (Phi) is 5.78. The van der Waals surface area contributed by atoms with Gasteiger partial charge in [0.25, 0.3) is 5.91 Å². The number of ether oxygens (including phenoxy) is 2. The van der Waals surface area contributed by atoms with Gasteiger partial charge in [-0.15, -0.1) is 0 Å². The third-order valence-corrected chi connectivity index (χ3v) is 3.38. The third-order valence-electron chi connectivity index (χ3n) is 3.38. The number of methoxy groups -OCH3 is 1. The van der Waals surface area contributed by atoms with Crippen LogP contribution in [0.15, 0.2) is 48.5 Å². The Bertz CT molecular complexity index is 715. The summed E-state index contributed by atoms with van der Waals surface area (Å²) < 4.78 is 10.3. The molecule has 24 heavy (non-hydrogen) atoms. The van der Waals surface area contributed by atoms with Crippen LogP contribution in [-0.2, 0) is 9.53 Å². The summed E-state index contributed by atoms with van der Waals surface area (Å²) in [5, 5.41) is 12.5. The number of phenolic OH excluding ortho intramolecular Hbond substituents is 1. The molecule has 0 radical (unpaired) electrons. The SMILES string of the molecule is CCC(OC(=O)c1cc(OC)ccc1O)C(=O)Nc1ccccc1. The number of carbonyl (C=O) groups excluding carboxylic acids is 2. The molecule has 0 bridgehead atoms. The maximum atomic E-state index is 12.2. The second-order valence-electron chi connectivity index (χ2n) is 5.04. The number of nitrogens with one attached hydrogen (secondary N) is 1. The van der Waals surface area contributed by atoms with E-state index < -0.39 is 18.0 Å². The van der Waals surface area contributed by atoms with Crippen molar-refractivity contribution in [1.29, 1.82) is 0 Å². The Morgan fingerprint density at radius 1 is 1.17 bits per heavy atom. The molecule has 2 aromatic carbocycles. The minimum absolute atomic E-state index is 0.0553. The van der Waals surface area contributed by atoms with Gasteiger partial charge in [0.1, 0.15) is 17.1 Å². The number of anilines is 1. The first kappa shape index (κ1) is 17.3. The van der Waals surface area contributed by atoms with E-state index in [9.17, 15) is 14.7 Å². The van der Waals surface area contributed by atoms with Crippen molar-refractivity contribution in [2.45, 2.75) is 19.4 Å². The Balaban J connectivity index is 2.09. The van der Waals surface area contributed by atoms with E-state index in [-0.39, 0.29) is 11.3 Å². The van der Waals surface area contributed by atoms with Gasteiger partial charge < -0.3 is 19.9 Å². The van der Waals surface area contributed by atoms with E-state index in [0.29, 0.717) is 17.9 Å². The molecule has 2 aromatic rings. The molecule has 0 heterocycles. The lowest BCUT2D eigenvalue weighted by Gasteiger charge is -2.16. The van der Waals surface area contributed by atoms with Crippen LogP contribution >= 0.6 is 0 Å². The number of para-hydroxylation sites is 1. The highest BCUT2D eigenvalue weighted by atomic mass is 16.5. The molecule has 0 aliphatic rings. The molecule has 6 heteroatoms. The predicted molar refractivity (Wildman–Crippen MR) is 89.2 cm³/mol. The van der Waals surface area contributed by atoms with Crippen LogP contribution in [0.2, 0.25) is 0 Å². The molecule has 0 fully saturated rings. The van der Waals surface area contributed by atoms with Crippen LogP contribution in [-0.4, -0.2) is 30.2 Å². The predicted octanol–water partition coefficient (Wildman–Crippen LogP) is 2.97. The number of benzene rings is 2. The zero-order valence-corrected chi connectivity index (χ0v) is 13.5. The Hall–Kier alpha value is -3.02. The highest BCUT2D eigenvalue weighted by Crippen LogP contribution is 2.24. The monoisotopic (exact) mass is 329 g/mol. The molecule has 0 saturated heterocycles. The van der Waals surface area contributed by atoms with Gasteiger partial charge in [-0.1, -0.05) is 25.1 Å². The fourth-order valence-electron chi connectivity index (χ4n) is 2.06. The van der Waals surface area contributed by atoms with Gasteiger partial charge in [0.05, 0.1) is 7.11 Å². The van der Waals surface area contributed by atoms with E-state index in [1.165, 1.54) is 25.3 Å². The molecular weight excluding hydrogens is 310 g/mol. The molecule has 1 atom stereocenters. The van der Waals surface area contributed by atoms with Crippen molar-refractivity contribution in [2.75, 3.05) is 12.4 Å². The fourth-order valence-corrected chi connectivity index (χ4v) is 2.06. The smallest absolute Gasteiger partial charge is 0.342 e. The quantitative estimate of drug-likeness (QED) is 0.796. The molecule has 0 aromatic heterocycles. The van der Waals surface area contributed by atoms with Crippen molar-refractivity contribution in [1.82, 2.24) is 0 Å². The van der Waals surface area contributed by atoms with Crippen molar-refractivity contribution < 1.29 is 24.2 Å². The van der Waals surface area contributed by atoms with Crippen LogP contribution in [0.5, 0.6) is 11.5 Å². The molecule has 0 aliphatic heterocycles. The second-order valence-corrected chi connectivity index (χ2v) is 5.04. The number of esters is 1. The van der Waals surface area contributed by atoms with E-state index in [0.717, 1.165) is 0 Å². The summed E-state index contributed by atoms with van der Waals surface area (Å²) in [7, 11) is 1.45. The van der Waals surface area contributed by atoms with Crippen LogP contribution < -0.4 is 10.1 Å². The minimum atomic E-state index is -0.969. The van der Waals surface area contributed by atoms with Crippen LogP contribution in [0, 0.1) is 0 Å². The van der Waals surface area contributed by atoms with Gasteiger partial charge in [-0.25, -0.2) is 4.79 Å². The largest absolute Gasteiger partial charge is 0.507 e. The maximum absolute atomic E-state index is 12.2. The molecule has 1 unspecified atom stereocenters. The standard InChI is InChI=1S/C18H19NO5/c1-3-16(17(21)19-12-7-5-4-6-8-12)24-18(22)14-11-13(23-2)9-10-15(14)20/h4-11,16,20H,3H2,1-2H3,(H,19,21).